The number of nitrogens with one attached hydrogen (secondary N) is 1. The summed E-state index contributed by atoms with van der Waals surface area (Å²) < 4.78 is 0. The van der Waals surface area contributed by atoms with Crippen molar-refractivity contribution < 1.29 is 4.79 Å². The molecule has 1 atom stereocenters. The van der Waals surface area contributed by atoms with Gasteiger partial charge in [-0.1, -0.05) is 36.4 Å². The second-order valence-electron chi connectivity index (χ2n) is 6.23. The van der Waals surface area contributed by atoms with Gasteiger partial charge in [0.05, 0.1) is 0 Å². The largest absolute Gasteiger partial charge is 0.336 e. The lowest BCUT2D eigenvalue weighted by Crippen LogP contribution is -2.54. The van der Waals surface area contributed by atoms with Crippen molar-refractivity contribution >= 4 is 6.03 Å². The predicted molar refractivity (Wildman–Crippen MR) is 91.3 cm³/mol. The minimum atomic E-state index is 0.0396. The van der Waals surface area contributed by atoms with Crippen molar-refractivity contribution in [1.29, 1.82) is 0 Å². The van der Waals surface area contributed by atoms with Crippen LogP contribution in [0.15, 0.2) is 54.7 Å². The molecule has 0 unspecified atom stereocenters. The van der Waals surface area contributed by atoms with Gasteiger partial charge in [-0.3, -0.25) is 4.98 Å². The van der Waals surface area contributed by atoms with Crippen molar-refractivity contribution in [2.75, 3.05) is 13.1 Å². The highest BCUT2D eigenvalue weighted by molar-refractivity contribution is 5.75. The zero-order chi connectivity index (χ0) is 16.1. The number of rotatable bonds is 5. The molecule has 23 heavy (non-hydrogen) atoms. The van der Waals surface area contributed by atoms with Crippen molar-refractivity contribution in [3.05, 3.63) is 66.0 Å². The molecule has 2 aromatic rings. The van der Waals surface area contributed by atoms with Crippen LogP contribution in [0.25, 0.3) is 0 Å². The Labute approximate surface area is 137 Å². The topological polar surface area (TPSA) is 45.2 Å². The van der Waals surface area contributed by atoms with E-state index in [-0.39, 0.29) is 12.1 Å². The molecule has 120 valence electrons. The molecule has 0 aliphatic carbocycles. The van der Waals surface area contributed by atoms with Gasteiger partial charge in [-0.25, -0.2) is 4.79 Å². The molecule has 1 aromatic heterocycles. The minimum absolute atomic E-state index is 0.0396. The Morgan fingerprint density at radius 2 is 1.96 bits per heavy atom. The smallest absolute Gasteiger partial charge is 0.317 e. The normalized spacial score (nSPS) is 15.8. The first kappa shape index (κ1) is 15.5. The number of hydrogen-bond donors (Lipinski definition) is 1. The molecule has 2 amide bonds. The van der Waals surface area contributed by atoms with Gasteiger partial charge in [-0.15, -0.1) is 0 Å². The summed E-state index contributed by atoms with van der Waals surface area (Å²) in [6.45, 7) is 3.58. The first-order valence-corrected chi connectivity index (χ1v) is 8.22. The monoisotopic (exact) mass is 309 g/mol. The van der Waals surface area contributed by atoms with Gasteiger partial charge in [0.2, 0.25) is 0 Å². The average Bonchev–Trinajstić information content (AvgIpc) is 2.53. The molecule has 1 saturated heterocycles. The van der Waals surface area contributed by atoms with E-state index in [2.05, 4.69) is 41.5 Å². The summed E-state index contributed by atoms with van der Waals surface area (Å²) in [6.07, 6.45) is 3.75. The molecule has 3 rings (SSSR count). The lowest BCUT2D eigenvalue weighted by Gasteiger charge is -2.39. The van der Waals surface area contributed by atoms with Crippen molar-refractivity contribution in [3.8, 4) is 0 Å². The van der Waals surface area contributed by atoms with Crippen LogP contribution in [0.3, 0.4) is 0 Å². The lowest BCUT2D eigenvalue weighted by atomic mass is 9.96. The van der Waals surface area contributed by atoms with Crippen LogP contribution in [0.1, 0.15) is 30.5 Å². The second-order valence-corrected chi connectivity index (χ2v) is 6.23. The molecule has 0 radical (unpaired) electrons. The number of nitrogens with zero attached hydrogens (tertiary/aromatic N) is 2. The van der Waals surface area contributed by atoms with Gasteiger partial charge in [0.25, 0.3) is 0 Å². The van der Waals surface area contributed by atoms with Gasteiger partial charge in [0, 0.05) is 36.9 Å². The molecule has 1 aromatic carbocycles. The molecule has 0 bridgehead atoms. The van der Waals surface area contributed by atoms with Gasteiger partial charge in [-0.05, 0) is 37.5 Å². The number of carbonyl (C=O) groups is 1. The van der Waals surface area contributed by atoms with E-state index >= 15 is 0 Å². The van der Waals surface area contributed by atoms with Crippen molar-refractivity contribution in [1.82, 2.24) is 15.2 Å². The Balaban J connectivity index is 1.40. The number of likely N-dealkylation sites (tertiary alicyclic amines) is 1. The third-order valence-corrected chi connectivity index (χ3v) is 4.35. The van der Waals surface area contributed by atoms with Gasteiger partial charge < -0.3 is 10.2 Å². The number of amides is 2. The summed E-state index contributed by atoms with van der Waals surface area (Å²) in [7, 11) is 0. The Bertz CT molecular complexity index is 624. The molecule has 4 heteroatoms. The van der Waals surface area contributed by atoms with E-state index in [0.717, 1.165) is 31.6 Å². The maximum atomic E-state index is 12.2. The van der Waals surface area contributed by atoms with E-state index in [4.69, 9.17) is 0 Å². The SMILES string of the molecule is C[C@H](CCc1ccccc1)NC(=O)N1CC(c2ccccn2)C1. The van der Waals surface area contributed by atoms with Crippen LogP contribution < -0.4 is 5.32 Å². The number of benzene rings is 1. The Morgan fingerprint density at radius 3 is 2.65 bits per heavy atom. The van der Waals surface area contributed by atoms with Crippen LogP contribution in [0.5, 0.6) is 0 Å². The molecule has 2 heterocycles. The predicted octanol–water partition coefficient (Wildman–Crippen LogP) is 3.21. The highest BCUT2D eigenvalue weighted by Gasteiger charge is 2.32. The zero-order valence-electron chi connectivity index (χ0n) is 13.5. The molecular formula is C19H23N3O. The summed E-state index contributed by atoms with van der Waals surface area (Å²) in [4.78, 5) is 18.4. The molecule has 1 aliphatic rings. The Morgan fingerprint density at radius 1 is 1.22 bits per heavy atom. The van der Waals surface area contributed by atoms with Crippen molar-refractivity contribution in [2.45, 2.75) is 31.7 Å². The highest BCUT2D eigenvalue weighted by Crippen LogP contribution is 2.25. The zero-order valence-corrected chi connectivity index (χ0v) is 13.5. The van der Waals surface area contributed by atoms with Crippen molar-refractivity contribution in [2.24, 2.45) is 0 Å². The van der Waals surface area contributed by atoms with Gasteiger partial charge in [-0.2, -0.15) is 0 Å². The van der Waals surface area contributed by atoms with Crippen LogP contribution in [-0.4, -0.2) is 35.0 Å². The third-order valence-electron chi connectivity index (χ3n) is 4.35. The van der Waals surface area contributed by atoms with Gasteiger partial charge in [0.1, 0.15) is 0 Å². The number of urea groups is 1. The fourth-order valence-electron chi connectivity index (χ4n) is 2.85. The Kier molecular flexibility index (Phi) is 4.91. The number of carbonyl (C=O) groups excluding carboxylic acids is 1. The van der Waals surface area contributed by atoms with Crippen molar-refractivity contribution in [3.63, 3.8) is 0 Å². The second kappa shape index (κ2) is 7.27. The van der Waals surface area contributed by atoms with Gasteiger partial charge in [0.15, 0.2) is 0 Å². The highest BCUT2D eigenvalue weighted by atomic mass is 16.2. The first-order valence-electron chi connectivity index (χ1n) is 8.22. The number of aryl methyl sites for hydroxylation is 1. The number of aromatic nitrogens is 1. The standard InChI is InChI=1S/C19H23N3O/c1-15(10-11-16-7-3-2-4-8-16)21-19(23)22-13-17(14-22)18-9-5-6-12-20-18/h2-9,12,15,17H,10-11,13-14H2,1H3,(H,21,23)/t15-/m1/s1. The summed E-state index contributed by atoms with van der Waals surface area (Å²) >= 11 is 0. The minimum Gasteiger partial charge on any atom is -0.336 e. The van der Waals surface area contributed by atoms with Crippen LogP contribution >= 0.6 is 0 Å². The summed E-state index contributed by atoms with van der Waals surface area (Å²) in [5.41, 5.74) is 2.39. The number of pyridine rings is 1. The van der Waals surface area contributed by atoms with E-state index in [1.165, 1.54) is 5.56 Å². The molecule has 1 aliphatic heterocycles. The molecule has 1 fully saturated rings. The number of hydrogen-bond acceptors (Lipinski definition) is 2. The quantitative estimate of drug-likeness (QED) is 0.922. The van der Waals surface area contributed by atoms with E-state index < -0.39 is 0 Å². The van der Waals surface area contributed by atoms with Crippen LogP contribution in [-0.2, 0) is 6.42 Å². The first-order chi connectivity index (χ1) is 11.2. The molecule has 4 nitrogen and oxygen atoms in total. The summed E-state index contributed by atoms with van der Waals surface area (Å²) in [5, 5.41) is 3.09. The van der Waals surface area contributed by atoms with Gasteiger partial charge >= 0.3 is 6.03 Å². The van der Waals surface area contributed by atoms with Crippen LogP contribution in [0.2, 0.25) is 0 Å². The van der Waals surface area contributed by atoms with E-state index in [0.29, 0.717) is 5.92 Å². The molecule has 1 N–H and O–H groups in total. The fourth-order valence-corrected chi connectivity index (χ4v) is 2.85. The van der Waals surface area contributed by atoms with Crippen LogP contribution in [0, 0.1) is 0 Å². The maximum absolute atomic E-state index is 12.2. The average molecular weight is 309 g/mol. The Hall–Kier alpha value is -2.36. The van der Waals surface area contributed by atoms with E-state index in [9.17, 15) is 4.79 Å². The lowest BCUT2D eigenvalue weighted by molar-refractivity contribution is 0.147. The molecule has 0 spiro atoms. The molecular weight excluding hydrogens is 286 g/mol. The molecule has 0 saturated carbocycles. The summed E-state index contributed by atoms with van der Waals surface area (Å²) in [6, 6.07) is 16.5. The third kappa shape index (κ3) is 4.09. The van der Waals surface area contributed by atoms with E-state index in [1.807, 2.05) is 35.4 Å². The van der Waals surface area contributed by atoms with E-state index in [1.54, 1.807) is 0 Å². The summed E-state index contributed by atoms with van der Waals surface area (Å²) in [5.74, 6) is 0.376. The van der Waals surface area contributed by atoms with Crippen LogP contribution in [0.4, 0.5) is 4.79 Å². The fraction of sp³-hybridized carbons (Fsp3) is 0.368. The maximum Gasteiger partial charge on any atom is 0.317 e.